The van der Waals surface area contributed by atoms with E-state index >= 15 is 0 Å². The van der Waals surface area contributed by atoms with Crippen LogP contribution in [-0.2, 0) is 9.59 Å². The van der Waals surface area contributed by atoms with Crippen LogP contribution in [0.1, 0.15) is 56.8 Å². The van der Waals surface area contributed by atoms with E-state index in [1.165, 1.54) is 0 Å². The summed E-state index contributed by atoms with van der Waals surface area (Å²) in [5, 5.41) is 5.54. The van der Waals surface area contributed by atoms with Crippen molar-refractivity contribution >= 4 is 29.4 Å². The Balaban J connectivity index is 1.62. The van der Waals surface area contributed by atoms with Crippen molar-refractivity contribution in [3.8, 4) is 0 Å². The Morgan fingerprint density at radius 2 is 1.83 bits per heavy atom. The van der Waals surface area contributed by atoms with Gasteiger partial charge in [0.2, 0.25) is 5.91 Å². The van der Waals surface area contributed by atoms with Crippen LogP contribution in [0.3, 0.4) is 0 Å². The van der Waals surface area contributed by atoms with Gasteiger partial charge in [0.1, 0.15) is 12.1 Å². The number of benzene rings is 1. The Bertz CT molecular complexity index is 834. The molecule has 1 aromatic carbocycles. The van der Waals surface area contributed by atoms with Crippen molar-refractivity contribution in [2.45, 2.75) is 52.0 Å². The molecule has 162 valence electrons. The van der Waals surface area contributed by atoms with Gasteiger partial charge in [-0.1, -0.05) is 19.8 Å². The molecule has 2 aliphatic rings. The smallest absolute Gasteiger partial charge is 0.325 e. The molecule has 1 aliphatic carbocycles. The van der Waals surface area contributed by atoms with Gasteiger partial charge in [-0.3, -0.25) is 19.3 Å². The van der Waals surface area contributed by atoms with Crippen molar-refractivity contribution < 1.29 is 19.2 Å². The first kappa shape index (κ1) is 21.8. The molecule has 1 aromatic rings. The maximum absolute atomic E-state index is 13.0. The number of hydrogen-bond acceptors (Lipinski definition) is 4. The Morgan fingerprint density at radius 1 is 1.17 bits per heavy atom. The van der Waals surface area contributed by atoms with E-state index in [-0.39, 0.29) is 24.3 Å². The van der Waals surface area contributed by atoms with E-state index in [9.17, 15) is 19.2 Å². The summed E-state index contributed by atoms with van der Waals surface area (Å²) in [5.74, 6) is -0.785. The van der Waals surface area contributed by atoms with Crippen LogP contribution < -0.4 is 10.6 Å². The van der Waals surface area contributed by atoms with Crippen molar-refractivity contribution in [1.29, 1.82) is 0 Å². The van der Waals surface area contributed by atoms with Crippen LogP contribution >= 0.6 is 0 Å². The van der Waals surface area contributed by atoms with Gasteiger partial charge in [-0.05, 0) is 56.9 Å². The lowest BCUT2D eigenvalue weighted by Gasteiger charge is -2.36. The zero-order valence-corrected chi connectivity index (χ0v) is 17.9. The minimum absolute atomic E-state index is 0.0478. The Hall–Kier alpha value is -2.90. The largest absolute Gasteiger partial charge is 0.339 e. The van der Waals surface area contributed by atoms with Crippen LogP contribution in [0, 0.1) is 5.92 Å². The number of urea groups is 1. The molecule has 3 rings (SSSR count). The number of imide groups is 1. The first-order valence-corrected chi connectivity index (χ1v) is 10.7. The molecule has 1 saturated heterocycles. The van der Waals surface area contributed by atoms with Crippen LogP contribution in [0.4, 0.5) is 10.5 Å². The summed E-state index contributed by atoms with van der Waals surface area (Å²) in [5.41, 5.74) is 0.171. The molecule has 8 heteroatoms. The molecule has 0 aromatic heterocycles. The zero-order valence-electron chi connectivity index (χ0n) is 17.9. The molecule has 0 radical (unpaired) electrons. The van der Waals surface area contributed by atoms with E-state index in [1.54, 1.807) is 29.2 Å². The van der Waals surface area contributed by atoms with E-state index in [4.69, 9.17) is 0 Å². The quantitative estimate of drug-likeness (QED) is 0.699. The third kappa shape index (κ3) is 4.04. The highest BCUT2D eigenvalue weighted by Crippen LogP contribution is 2.38. The molecule has 0 bridgehead atoms. The van der Waals surface area contributed by atoms with Gasteiger partial charge in [0.25, 0.3) is 11.8 Å². The highest BCUT2D eigenvalue weighted by atomic mass is 16.2. The van der Waals surface area contributed by atoms with Gasteiger partial charge in [-0.15, -0.1) is 0 Å². The summed E-state index contributed by atoms with van der Waals surface area (Å²) in [6.45, 7) is 6.73. The monoisotopic (exact) mass is 414 g/mol. The first-order chi connectivity index (χ1) is 14.3. The van der Waals surface area contributed by atoms with Crippen molar-refractivity contribution in [3.63, 3.8) is 0 Å². The fraction of sp³-hybridized carbons (Fsp3) is 0.545. The second-order valence-corrected chi connectivity index (χ2v) is 8.04. The van der Waals surface area contributed by atoms with Crippen LogP contribution in [0.25, 0.3) is 0 Å². The summed E-state index contributed by atoms with van der Waals surface area (Å²) < 4.78 is 0. The van der Waals surface area contributed by atoms with Crippen molar-refractivity contribution in [2.24, 2.45) is 5.92 Å². The molecular weight excluding hydrogens is 384 g/mol. The molecule has 1 saturated carbocycles. The maximum Gasteiger partial charge on any atom is 0.325 e. The lowest BCUT2D eigenvalue weighted by atomic mass is 9.73. The molecule has 8 nitrogen and oxygen atoms in total. The van der Waals surface area contributed by atoms with Crippen molar-refractivity contribution in [1.82, 2.24) is 15.1 Å². The van der Waals surface area contributed by atoms with E-state index in [0.29, 0.717) is 30.8 Å². The third-order valence-corrected chi connectivity index (χ3v) is 6.27. The number of nitrogens with one attached hydrogen (secondary N) is 2. The predicted octanol–water partition coefficient (Wildman–Crippen LogP) is 2.61. The van der Waals surface area contributed by atoms with Gasteiger partial charge < -0.3 is 15.5 Å². The molecule has 30 heavy (non-hydrogen) atoms. The number of carbonyl (C=O) groups is 4. The maximum atomic E-state index is 13.0. The highest BCUT2D eigenvalue weighted by molar-refractivity contribution is 6.10. The number of rotatable bonds is 6. The number of amides is 5. The number of hydrogen-bond donors (Lipinski definition) is 2. The molecule has 1 spiro atoms. The van der Waals surface area contributed by atoms with Crippen LogP contribution in [0.5, 0.6) is 0 Å². The SMILES string of the molecule is CCN(CC)C(=O)c1ccc(NC(=O)CN2C(=O)N[C@]3(CCCC[C@H]3C)C2=O)cc1. The summed E-state index contributed by atoms with van der Waals surface area (Å²) in [4.78, 5) is 52.9. The first-order valence-electron chi connectivity index (χ1n) is 10.7. The lowest BCUT2D eigenvalue weighted by Crippen LogP contribution is -2.54. The van der Waals surface area contributed by atoms with E-state index in [1.807, 2.05) is 20.8 Å². The zero-order chi connectivity index (χ0) is 21.9. The molecule has 1 aliphatic heterocycles. The van der Waals surface area contributed by atoms with Gasteiger partial charge in [-0.25, -0.2) is 4.79 Å². The van der Waals surface area contributed by atoms with Gasteiger partial charge >= 0.3 is 6.03 Å². The summed E-state index contributed by atoms with van der Waals surface area (Å²) in [7, 11) is 0. The van der Waals surface area contributed by atoms with Gasteiger partial charge in [0, 0.05) is 24.3 Å². The Morgan fingerprint density at radius 3 is 2.43 bits per heavy atom. The molecule has 2 N–H and O–H groups in total. The number of nitrogens with zero attached hydrogens (tertiary/aromatic N) is 2. The van der Waals surface area contributed by atoms with Crippen LogP contribution in [0.2, 0.25) is 0 Å². The van der Waals surface area contributed by atoms with Gasteiger partial charge in [0.15, 0.2) is 0 Å². The highest BCUT2D eigenvalue weighted by Gasteiger charge is 2.55. The Labute approximate surface area is 177 Å². The molecule has 1 heterocycles. The minimum Gasteiger partial charge on any atom is -0.339 e. The molecule has 5 amide bonds. The minimum atomic E-state index is -0.873. The van der Waals surface area contributed by atoms with E-state index in [0.717, 1.165) is 24.2 Å². The van der Waals surface area contributed by atoms with Crippen LogP contribution in [-0.4, -0.2) is 58.7 Å². The Kier molecular flexibility index (Phi) is 6.43. The van der Waals surface area contributed by atoms with Crippen LogP contribution in [0.15, 0.2) is 24.3 Å². The second-order valence-electron chi connectivity index (χ2n) is 8.04. The molecular formula is C22H30N4O4. The summed E-state index contributed by atoms with van der Waals surface area (Å²) >= 11 is 0. The fourth-order valence-corrected chi connectivity index (χ4v) is 4.37. The van der Waals surface area contributed by atoms with Crippen molar-refractivity contribution in [2.75, 3.05) is 25.0 Å². The van der Waals surface area contributed by atoms with E-state index in [2.05, 4.69) is 10.6 Å². The van der Waals surface area contributed by atoms with Gasteiger partial charge in [-0.2, -0.15) is 0 Å². The van der Waals surface area contributed by atoms with Crippen molar-refractivity contribution in [3.05, 3.63) is 29.8 Å². The molecule has 2 fully saturated rings. The molecule has 0 unspecified atom stereocenters. The topological polar surface area (TPSA) is 98.8 Å². The number of carbonyl (C=O) groups excluding carboxylic acids is 4. The third-order valence-electron chi connectivity index (χ3n) is 6.27. The second kappa shape index (κ2) is 8.85. The van der Waals surface area contributed by atoms with Gasteiger partial charge in [0.05, 0.1) is 0 Å². The predicted molar refractivity (Wildman–Crippen MR) is 113 cm³/mol. The van der Waals surface area contributed by atoms with E-state index < -0.39 is 17.5 Å². The normalized spacial score (nSPS) is 23.4. The molecule has 2 atom stereocenters. The lowest BCUT2D eigenvalue weighted by molar-refractivity contribution is -0.136. The average Bonchev–Trinajstić information content (AvgIpc) is 2.96. The standard InChI is InChI=1S/C22H30N4O4/c1-4-25(5-2)19(28)16-9-11-17(12-10-16)23-18(27)14-26-20(29)22(24-21(26)30)13-7-6-8-15(22)3/h9-12,15H,4-8,13-14H2,1-3H3,(H,23,27)(H,24,30)/t15-,22+/m1/s1. The fourth-order valence-electron chi connectivity index (χ4n) is 4.37. The average molecular weight is 415 g/mol. The number of anilines is 1. The summed E-state index contributed by atoms with van der Waals surface area (Å²) in [6.07, 6.45) is 3.41. The summed E-state index contributed by atoms with van der Waals surface area (Å²) in [6, 6.07) is 6.09.